The van der Waals surface area contributed by atoms with Crippen LogP contribution in [0.15, 0.2) is 45.8 Å². The van der Waals surface area contributed by atoms with Gasteiger partial charge >= 0.3 is 243 Å². The van der Waals surface area contributed by atoms with Crippen LogP contribution in [-0.2, 0) is 32.1 Å². The summed E-state index contributed by atoms with van der Waals surface area (Å²) in [6.07, 6.45) is 16.5. The zero-order valence-electron chi connectivity index (χ0n) is 26.8. The number of rotatable bonds is 8. The molecule has 0 aliphatic heterocycles. The molecule has 0 radical (unpaired) electrons. The molecule has 0 fully saturated rings. The fourth-order valence-electron chi connectivity index (χ4n) is 6.94. The number of aryl methyl sites for hydroxylation is 2. The summed E-state index contributed by atoms with van der Waals surface area (Å²) in [5, 5.41) is 0. The Balaban J connectivity index is 0.00000280. The number of benzene rings is 2. The van der Waals surface area contributed by atoms with Crippen LogP contribution in [0.4, 0.5) is 0 Å². The van der Waals surface area contributed by atoms with Crippen molar-refractivity contribution in [3.63, 3.8) is 0 Å². The van der Waals surface area contributed by atoms with E-state index in [0.29, 0.717) is 3.63 Å². The van der Waals surface area contributed by atoms with Crippen molar-refractivity contribution >= 4 is 3.21 Å². The van der Waals surface area contributed by atoms with Crippen LogP contribution in [0, 0.1) is 13.8 Å². The minimum atomic E-state index is -2.23. The van der Waals surface area contributed by atoms with Crippen LogP contribution in [0.2, 0.25) is 0 Å². The van der Waals surface area contributed by atoms with Gasteiger partial charge in [0.2, 0.25) is 0 Å². The van der Waals surface area contributed by atoms with E-state index in [1.807, 2.05) is 6.49 Å². The Morgan fingerprint density at radius 2 is 1.20 bits per heavy atom. The van der Waals surface area contributed by atoms with Crippen molar-refractivity contribution < 1.29 is 46.1 Å². The molecule has 0 amide bonds. The molecule has 0 unspecified atom stereocenters. The molecule has 40 heavy (non-hydrogen) atoms. The first-order valence-electron chi connectivity index (χ1n) is 15.3. The van der Waals surface area contributed by atoms with E-state index in [2.05, 4.69) is 112 Å². The maximum atomic E-state index is 2.63. The van der Waals surface area contributed by atoms with E-state index in [1.165, 1.54) is 67.2 Å². The van der Waals surface area contributed by atoms with Gasteiger partial charge in [-0.3, -0.25) is 0 Å². The van der Waals surface area contributed by atoms with Crippen LogP contribution < -0.4 is 24.8 Å². The number of hydrogen-bond acceptors (Lipinski definition) is 0. The summed E-state index contributed by atoms with van der Waals surface area (Å²) in [7, 11) is 0. The smallest absolute Gasteiger partial charge is 1.00 e. The Bertz CT molecular complexity index is 1220. The zero-order chi connectivity index (χ0) is 27.8. The molecule has 218 valence electrons. The van der Waals surface area contributed by atoms with E-state index in [9.17, 15) is 0 Å². The monoisotopic (exact) mass is 656 g/mol. The van der Waals surface area contributed by atoms with Crippen molar-refractivity contribution in [2.75, 3.05) is 0 Å². The summed E-state index contributed by atoms with van der Waals surface area (Å²) in [5.74, 6) is 0. The van der Waals surface area contributed by atoms with Crippen molar-refractivity contribution in [3.05, 3.63) is 79.2 Å². The third kappa shape index (κ3) is 7.24. The molecule has 4 rings (SSSR count). The van der Waals surface area contributed by atoms with Gasteiger partial charge in [0.05, 0.1) is 0 Å². The van der Waals surface area contributed by atoms with Crippen molar-refractivity contribution in [1.29, 1.82) is 0 Å². The third-order valence-electron chi connectivity index (χ3n) is 8.77. The second kappa shape index (κ2) is 14.1. The third-order valence-corrected chi connectivity index (χ3v) is 17.4. The topological polar surface area (TPSA) is 0 Å². The Kier molecular flexibility index (Phi) is 12.5. The molecule has 2 aliphatic carbocycles. The van der Waals surface area contributed by atoms with Gasteiger partial charge in [0.15, 0.2) is 0 Å². The first-order chi connectivity index (χ1) is 17.9. The number of unbranched alkanes of at least 4 members (excludes halogenated alkanes) is 2. The summed E-state index contributed by atoms with van der Waals surface area (Å²) in [6.45, 7) is 23.7. The average molecular weight is 659 g/mol. The maximum absolute atomic E-state index is 2.63. The fourth-order valence-corrected chi connectivity index (χ4v) is 16.4. The van der Waals surface area contributed by atoms with Crippen LogP contribution in [0.5, 0.6) is 0 Å². The molecule has 0 atom stereocenters. The average Bonchev–Trinajstić information content (AvgIpc) is 3.45. The normalized spacial score (nSPS) is 14.1. The Morgan fingerprint density at radius 1 is 0.750 bits per heavy atom. The fraction of sp³-hybridized carbons (Fsp3) is 0.541. The van der Waals surface area contributed by atoms with E-state index >= 15 is 0 Å². The molecule has 3 heteroatoms. The van der Waals surface area contributed by atoms with Gasteiger partial charge in [-0.05, 0) is 0 Å². The largest absolute Gasteiger partial charge is 1.00 e. The molecule has 2 aliphatic rings. The quantitative estimate of drug-likeness (QED) is 0.375. The predicted molar refractivity (Wildman–Crippen MR) is 166 cm³/mol. The molecule has 0 spiro atoms. The Hall–Kier alpha value is -0.747. The van der Waals surface area contributed by atoms with E-state index in [-0.39, 0.29) is 35.6 Å². The minimum absolute atomic E-state index is 0. The first kappa shape index (κ1) is 35.4. The van der Waals surface area contributed by atoms with Crippen LogP contribution in [0.3, 0.4) is 0 Å². The standard InChI is InChI=1S/C23H29.C9H18.C5H5.2ClH.Zr/c1-14-9-16-11-17-10-15(2)21(23(6,7)8)13-19(17)18(16)12-20(14)22(3,4)5;1-3-5-7-9-8-6-4-2;1-2-4-5-3-1;;;/h9-13H,1-8H3;3-8H2,1-2H3;1-3H,4H2;2*1H;/q;;;;;+2/p-2. The summed E-state index contributed by atoms with van der Waals surface area (Å²) in [4.78, 5) is 0. The predicted octanol–water partition coefficient (Wildman–Crippen LogP) is 4.99. The zero-order valence-corrected chi connectivity index (χ0v) is 30.8. The first-order valence-corrected chi connectivity index (χ1v) is 19.1. The van der Waals surface area contributed by atoms with Crippen LogP contribution in [-0.4, -0.2) is 3.21 Å². The molecular formula is C37H52Cl2Zr. The summed E-state index contributed by atoms with van der Waals surface area (Å²) in [6, 6.07) is 10.5. The van der Waals surface area contributed by atoms with Crippen molar-refractivity contribution in [3.8, 4) is 11.1 Å². The van der Waals surface area contributed by atoms with Crippen molar-refractivity contribution in [2.24, 2.45) is 0 Å². The van der Waals surface area contributed by atoms with Crippen molar-refractivity contribution in [1.82, 2.24) is 0 Å². The second-order valence-electron chi connectivity index (χ2n) is 14.0. The van der Waals surface area contributed by atoms with E-state index in [1.54, 1.807) is 22.3 Å². The molecule has 0 saturated heterocycles. The van der Waals surface area contributed by atoms with Gasteiger partial charge in [-0.1, -0.05) is 0 Å². The van der Waals surface area contributed by atoms with Crippen molar-refractivity contribution in [2.45, 2.75) is 129 Å². The van der Waals surface area contributed by atoms with Gasteiger partial charge in [-0.15, -0.1) is 0 Å². The van der Waals surface area contributed by atoms with Gasteiger partial charge in [-0.2, -0.15) is 0 Å². The van der Waals surface area contributed by atoms with Gasteiger partial charge in [0.25, 0.3) is 0 Å². The summed E-state index contributed by atoms with van der Waals surface area (Å²) >= 11 is -2.23. The minimum Gasteiger partial charge on any atom is -1.00 e. The van der Waals surface area contributed by atoms with Gasteiger partial charge in [0.1, 0.15) is 0 Å². The second-order valence-corrected chi connectivity index (χ2v) is 20.8. The van der Waals surface area contributed by atoms with E-state index in [0.717, 1.165) is 0 Å². The SMILES string of the molecule is CCCC[C](CCCC)=[Zr+2]([C]1=CC=CC1)[CH]1c2cc(C)c(C(C)(C)C)cc2-c2cc(C(C)(C)C)c(C)cc21.[Cl-].[Cl-]. The number of halogens is 2. The maximum Gasteiger partial charge on any atom is -1.00 e. The van der Waals surface area contributed by atoms with E-state index < -0.39 is 21.3 Å². The number of hydrogen-bond donors (Lipinski definition) is 0. The Morgan fingerprint density at radius 3 is 1.55 bits per heavy atom. The van der Waals surface area contributed by atoms with Crippen LogP contribution in [0.25, 0.3) is 11.1 Å². The molecule has 0 heterocycles. The molecular weight excluding hydrogens is 607 g/mol. The molecule has 0 saturated carbocycles. The number of fused-ring (bicyclic) bond motifs is 3. The molecule has 0 aromatic heterocycles. The number of allylic oxidation sites excluding steroid dienone is 4. The van der Waals surface area contributed by atoms with Gasteiger partial charge in [0, 0.05) is 0 Å². The Labute approximate surface area is 266 Å². The molecule has 0 bridgehead atoms. The molecule has 0 N–H and O–H groups in total. The molecule has 2 aromatic carbocycles. The van der Waals surface area contributed by atoms with Gasteiger partial charge < -0.3 is 24.8 Å². The summed E-state index contributed by atoms with van der Waals surface area (Å²) in [5.41, 5.74) is 12.7. The van der Waals surface area contributed by atoms with Gasteiger partial charge in [-0.25, -0.2) is 0 Å². The van der Waals surface area contributed by atoms with E-state index in [4.69, 9.17) is 0 Å². The summed E-state index contributed by atoms with van der Waals surface area (Å²) < 4.78 is 4.43. The molecule has 2 aromatic rings. The molecule has 0 nitrogen and oxygen atoms in total. The van der Waals surface area contributed by atoms with Crippen LogP contribution in [0.1, 0.15) is 137 Å². The van der Waals surface area contributed by atoms with Crippen LogP contribution >= 0.6 is 0 Å².